The third-order valence-electron chi connectivity index (χ3n) is 0.175. The Morgan fingerprint density at radius 1 is 1.71 bits per heavy atom. The van der Waals surface area contributed by atoms with Crippen LogP contribution in [0.5, 0.6) is 0 Å². The van der Waals surface area contributed by atoms with Crippen molar-refractivity contribution in [3.05, 3.63) is 0 Å². The van der Waals surface area contributed by atoms with Crippen LogP contribution in [-0.4, -0.2) is 88.6 Å². The van der Waals surface area contributed by atoms with Crippen molar-refractivity contribution < 1.29 is 14.6 Å². The van der Waals surface area contributed by atoms with Crippen LogP contribution in [0.15, 0.2) is 0 Å². The van der Waals surface area contributed by atoms with Crippen LogP contribution in [0.1, 0.15) is 0 Å². The van der Waals surface area contributed by atoms with E-state index in [1.165, 1.54) is 0 Å². The molecule has 0 aromatic heterocycles. The summed E-state index contributed by atoms with van der Waals surface area (Å²) in [5.41, 5.74) is 0. The summed E-state index contributed by atoms with van der Waals surface area (Å²) in [6.45, 7) is 0. The molecule has 0 fully saturated rings. The molecule has 0 radical (unpaired) electrons. The molecule has 0 aromatic rings. The maximum absolute atomic E-state index is 9.15. The molecule has 34 valence electrons. The molecule has 0 aliphatic carbocycles. The average molecular weight is 124 g/mol. The van der Waals surface area contributed by atoms with Gasteiger partial charge in [-0.3, -0.25) is 0 Å². The van der Waals surface area contributed by atoms with Crippen LogP contribution >= 0.6 is 0 Å². The fourth-order valence-corrected chi connectivity index (χ4v) is 0. The predicted molar refractivity (Wildman–Crippen MR) is 29.3 cm³/mol. The van der Waals surface area contributed by atoms with Crippen LogP contribution in [0.4, 0.5) is 4.79 Å². The first-order valence-corrected chi connectivity index (χ1v) is 1.04. The maximum atomic E-state index is 9.15. The molecule has 0 saturated heterocycles. The summed E-state index contributed by atoms with van der Waals surface area (Å²) in [5.74, 6) is 0. The Bertz CT molecular complexity index is 48.2. The first kappa shape index (κ1) is 15.8. The fraction of sp³-hybridized carbons (Fsp3) is 0.500. The zero-order valence-electron chi connectivity index (χ0n) is 2.76. The number of carbonyl (C=O) groups is 1. The SMILES string of the molecule is COC(=O)O.[KH].[LiH]. The van der Waals surface area contributed by atoms with Crippen molar-refractivity contribution in [2.24, 2.45) is 0 Å². The minimum absolute atomic E-state index is 0. The predicted octanol–water partition coefficient (Wildman–Crippen LogP) is -0.986. The first-order chi connectivity index (χ1) is 2.27. The second-order valence-electron chi connectivity index (χ2n) is 0.470. The normalized spacial score (nSPS) is 4.71. The van der Waals surface area contributed by atoms with E-state index in [-0.39, 0.29) is 70.2 Å². The van der Waals surface area contributed by atoms with Gasteiger partial charge in [0, 0.05) is 0 Å². The summed E-state index contributed by atoms with van der Waals surface area (Å²) in [7, 11) is 1.10. The van der Waals surface area contributed by atoms with Gasteiger partial charge in [0.15, 0.2) is 0 Å². The summed E-state index contributed by atoms with van der Waals surface area (Å²) >= 11 is 0. The van der Waals surface area contributed by atoms with Crippen LogP contribution in [0.2, 0.25) is 0 Å². The summed E-state index contributed by atoms with van der Waals surface area (Å²) < 4.78 is 3.67. The topological polar surface area (TPSA) is 46.5 Å². The van der Waals surface area contributed by atoms with Crippen molar-refractivity contribution in [1.29, 1.82) is 0 Å². The molecule has 5 heteroatoms. The summed E-state index contributed by atoms with van der Waals surface area (Å²) in [6, 6.07) is 0. The molecule has 0 spiro atoms. The number of carboxylic acid groups (broad SMARTS) is 1. The van der Waals surface area contributed by atoms with Gasteiger partial charge >= 0.3 is 76.4 Å². The molecule has 0 atom stereocenters. The molecule has 7 heavy (non-hydrogen) atoms. The van der Waals surface area contributed by atoms with Gasteiger partial charge in [-0.25, -0.2) is 4.79 Å². The van der Waals surface area contributed by atoms with E-state index in [0.29, 0.717) is 0 Å². The van der Waals surface area contributed by atoms with E-state index in [4.69, 9.17) is 9.90 Å². The molecule has 0 heterocycles. The third-order valence-corrected chi connectivity index (χ3v) is 0.175. The number of hydrogen-bond donors (Lipinski definition) is 1. The van der Waals surface area contributed by atoms with Gasteiger partial charge in [-0.2, -0.15) is 0 Å². The van der Waals surface area contributed by atoms with E-state index in [9.17, 15) is 0 Å². The fourth-order valence-electron chi connectivity index (χ4n) is 0. The zero-order valence-corrected chi connectivity index (χ0v) is 2.76. The van der Waals surface area contributed by atoms with Crippen LogP contribution in [-0.2, 0) is 4.74 Å². The van der Waals surface area contributed by atoms with Crippen LogP contribution in [0.3, 0.4) is 0 Å². The number of methoxy groups -OCH3 is 1. The molecule has 0 aliphatic heterocycles. The van der Waals surface area contributed by atoms with E-state index in [0.717, 1.165) is 7.11 Å². The standard InChI is InChI=1S/C2H4O3.K.Li.2H/c1-5-2(3)4;;;;/h1H3,(H,3,4);;;;. The Labute approximate surface area is 96.4 Å². The number of ether oxygens (including phenoxy) is 1. The molecule has 0 amide bonds. The van der Waals surface area contributed by atoms with Gasteiger partial charge in [0.05, 0.1) is 7.11 Å². The van der Waals surface area contributed by atoms with E-state index in [2.05, 4.69) is 4.74 Å². The monoisotopic (exact) mass is 124 g/mol. The molecule has 3 nitrogen and oxygen atoms in total. The van der Waals surface area contributed by atoms with Crippen molar-refractivity contribution in [3.8, 4) is 0 Å². The molecule has 0 bridgehead atoms. The average Bonchev–Trinajstić information content (AvgIpc) is 1.38. The van der Waals surface area contributed by atoms with Gasteiger partial charge in [-0.05, 0) is 0 Å². The second-order valence-corrected chi connectivity index (χ2v) is 0.470. The van der Waals surface area contributed by atoms with Gasteiger partial charge in [0.1, 0.15) is 0 Å². The Morgan fingerprint density at radius 3 is 1.86 bits per heavy atom. The van der Waals surface area contributed by atoms with Gasteiger partial charge in [-0.15, -0.1) is 0 Å². The van der Waals surface area contributed by atoms with E-state index in [1.807, 2.05) is 0 Å². The molecule has 0 unspecified atom stereocenters. The number of rotatable bonds is 0. The second kappa shape index (κ2) is 10.5. The zero-order chi connectivity index (χ0) is 4.28. The van der Waals surface area contributed by atoms with Crippen molar-refractivity contribution in [3.63, 3.8) is 0 Å². The van der Waals surface area contributed by atoms with Crippen molar-refractivity contribution in [2.45, 2.75) is 0 Å². The molecule has 0 saturated carbocycles. The molecule has 1 N–H and O–H groups in total. The molecule has 0 rings (SSSR count). The van der Waals surface area contributed by atoms with E-state index < -0.39 is 6.16 Å². The van der Waals surface area contributed by atoms with Crippen molar-refractivity contribution in [1.82, 2.24) is 0 Å². The Hall–Kier alpha value is 1.50. The van der Waals surface area contributed by atoms with Crippen LogP contribution < -0.4 is 0 Å². The summed E-state index contributed by atoms with van der Waals surface area (Å²) in [4.78, 5) is 9.15. The van der Waals surface area contributed by atoms with Gasteiger partial charge < -0.3 is 9.84 Å². The Kier molecular flexibility index (Phi) is 23.7. The van der Waals surface area contributed by atoms with Gasteiger partial charge in [0.2, 0.25) is 0 Å². The quantitative estimate of drug-likeness (QED) is 0.333. The van der Waals surface area contributed by atoms with Crippen molar-refractivity contribution >= 4 is 76.4 Å². The third kappa shape index (κ3) is 18.5. The Balaban J connectivity index is -0.0000000800. The molecule has 0 aliphatic rings. The minimum atomic E-state index is -1.25. The van der Waals surface area contributed by atoms with Crippen LogP contribution in [0, 0.1) is 0 Å². The molecule has 0 aromatic carbocycles. The molecular formula is C2H6KLiO3. The summed E-state index contributed by atoms with van der Waals surface area (Å²) in [6.07, 6.45) is -1.25. The summed E-state index contributed by atoms with van der Waals surface area (Å²) in [5, 5.41) is 7.50. The van der Waals surface area contributed by atoms with Crippen LogP contribution in [0.25, 0.3) is 0 Å². The van der Waals surface area contributed by atoms with Gasteiger partial charge in [-0.1, -0.05) is 0 Å². The van der Waals surface area contributed by atoms with E-state index >= 15 is 0 Å². The van der Waals surface area contributed by atoms with Gasteiger partial charge in [0.25, 0.3) is 0 Å². The Morgan fingerprint density at radius 2 is 1.86 bits per heavy atom. The molecular weight excluding hydrogens is 118 g/mol. The van der Waals surface area contributed by atoms with E-state index in [1.54, 1.807) is 0 Å². The van der Waals surface area contributed by atoms with Crippen molar-refractivity contribution in [2.75, 3.05) is 7.11 Å². The first-order valence-electron chi connectivity index (χ1n) is 1.04. The number of hydrogen-bond acceptors (Lipinski definition) is 2.